The van der Waals surface area contributed by atoms with E-state index in [-0.39, 0.29) is 5.69 Å². The summed E-state index contributed by atoms with van der Waals surface area (Å²) in [6.07, 6.45) is 1.70. The van der Waals surface area contributed by atoms with E-state index in [0.717, 1.165) is 16.9 Å². The molecule has 7 nitrogen and oxygen atoms in total. The number of carbonyl (C=O) groups excluding carboxylic acids is 1. The number of nitrogens with zero attached hydrogens (tertiary/aromatic N) is 4. The van der Waals surface area contributed by atoms with Crippen LogP contribution in [0.2, 0.25) is 5.02 Å². The number of fused-ring (bicyclic) bond motifs is 1. The van der Waals surface area contributed by atoms with Crippen LogP contribution in [-0.2, 0) is 0 Å². The van der Waals surface area contributed by atoms with Gasteiger partial charge in [0.1, 0.15) is 5.75 Å². The van der Waals surface area contributed by atoms with Gasteiger partial charge in [-0.3, -0.25) is 4.79 Å². The highest BCUT2D eigenvalue weighted by Gasteiger charge is 2.19. The Hall–Kier alpha value is -3.45. The Morgan fingerprint density at radius 1 is 1.11 bits per heavy atom. The minimum Gasteiger partial charge on any atom is -0.497 e. The van der Waals surface area contributed by atoms with E-state index in [1.54, 1.807) is 49.0 Å². The summed E-state index contributed by atoms with van der Waals surface area (Å²) < 4.78 is 6.80. The number of halogens is 1. The first-order valence-electron chi connectivity index (χ1n) is 8.50. The molecular formula is C20H16ClN5O2. The highest BCUT2D eigenvalue weighted by atomic mass is 35.5. The molecule has 4 rings (SSSR count). The Morgan fingerprint density at radius 2 is 1.86 bits per heavy atom. The second-order valence-corrected chi connectivity index (χ2v) is 6.50. The lowest BCUT2D eigenvalue weighted by Crippen LogP contribution is -2.18. The van der Waals surface area contributed by atoms with Gasteiger partial charge in [-0.2, -0.15) is 5.10 Å². The van der Waals surface area contributed by atoms with Crippen molar-refractivity contribution < 1.29 is 9.53 Å². The monoisotopic (exact) mass is 393 g/mol. The molecule has 0 aliphatic rings. The lowest BCUT2D eigenvalue weighted by atomic mass is 10.1. The highest BCUT2D eigenvalue weighted by Crippen LogP contribution is 2.26. The van der Waals surface area contributed by atoms with Crippen LogP contribution in [0, 0.1) is 6.92 Å². The summed E-state index contributed by atoms with van der Waals surface area (Å²) in [6.45, 7) is 1.77. The molecule has 140 valence electrons. The molecule has 0 fully saturated rings. The Morgan fingerprint density at radius 3 is 2.57 bits per heavy atom. The van der Waals surface area contributed by atoms with Crippen molar-refractivity contribution in [3.8, 4) is 16.9 Å². The van der Waals surface area contributed by atoms with Gasteiger partial charge < -0.3 is 10.1 Å². The predicted octanol–water partition coefficient (Wildman–Crippen LogP) is 4.01. The summed E-state index contributed by atoms with van der Waals surface area (Å²) in [5, 5.41) is 15.9. The van der Waals surface area contributed by atoms with E-state index in [0.29, 0.717) is 22.1 Å². The first kappa shape index (κ1) is 17.9. The van der Waals surface area contributed by atoms with Crippen LogP contribution in [0.5, 0.6) is 5.75 Å². The number of benzene rings is 2. The largest absolute Gasteiger partial charge is 0.497 e. The number of hydrogen-bond acceptors (Lipinski definition) is 5. The third-order valence-electron chi connectivity index (χ3n) is 4.39. The van der Waals surface area contributed by atoms with Gasteiger partial charge in [0.25, 0.3) is 5.91 Å². The molecule has 0 spiro atoms. The second kappa shape index (κ2) is 7.28. The van der Waals surface area contributed by atoms with Crippen molar-refractivity contribution in [3.05, 3.63) is 71.1 Å². The van der Waals surface area contributed by atoms with E-state index < -0.39 is 5.91 Å². The predicted molar refractivity (Wildman–Crippen MR) is 107 cm³/mol. The summed E-state index contributed by atoms with van der Waals surface area (Å²) >= 11 is 6.11. The quantitative estimate of drug-likeness (QED) is 0.566. The van der Waals surface area contributed by atoms with Crippen LogP contribution in [0.3, 0.4) is 0 Å². The summed E-state index contributed by atoms with van der Waals surface area (Å²) in [5.41, 5.74) is 3.58. The molecular weight excluding hydrogens is 378 g/mol. The first-order valence-corrected chi connectivity index (χ1v) is 8.87. The molecule has 28 heavy (non-hydrogen) atoms. The molecule has 1 N–H and O–H groups in total. The Labute approximate surface area is 165 Å². The number of aromatic nitrogens is 4. The number of rotatable bonds is 4. The number of methoxy groups -OCH3 is 1. The molecule has 0 saturated carbocycles. The summed E-state index contributed by atoms with van der Waals surface area (Å²) in [4.78, 5) is 12.7. The minimum absolute atomic E-state index is 0.178. The van der Waals surface area contributed by atoms with Crippen molar-refractivity contribution in [2.24, 2.45) is 0 Å². The van der Waals surface area contributed by atoms with Crippen molar-refractivity contribution >= 4 is 28.8 Å². The van der Waals surface area contributed by atoms with Crippen LogP contribution in [-0.4, -0.2) is 32.8 Å². The van der Waals surface area contributed by atoms with Crippen molar-refractivity contribution in [1.29, 1.82) is 0 Å². The van der Waals surface area contributed by atoms with E-state index in [4.69, 9.17) is 16.3 Å². The van der Waals surface area contributed by atoms with Gasteiger partial charge in [-0.25, -0.2) is 4.52 Å². The first-order chi connectivity index (χ1) is 13.6. The number of aryl methyl sites for hydroxylation is 1. The fraction of sp³-hybridized carbons (Fsp3) is 0.100. The number of amides is 1. The van der Waals surface area contributed by atoms with E-state index in [2.05, 4.69) is 20.6 Å². The molecule has 0 unspecified atom stereocenters. The molecule has 0 atom stereocenters. The van der Waals surface area contributed by atoms with E-state index in [9.17, 15) is 4.79 Å². The molecule has 2 heterocycles. The molecule has 2 aromatic heterocycles. The average Bonchev–Trinajstić information content (AvgIpc) is 3.15. The van der Waals surface area contributed by atoms with Crippen LogP contribution in [0.25, 0.3) is 16.8 Å². The Bertz CT molecular complexity index is 1170. The Balaban J connectivity index is 1.70. The molecule has 0 saturated heterocycles. The molecule has 4 aromatic rings. The van der Waals surface area contributed by atoms with Crippen LogP contribution >= 0.6 is 11.6 Å². The van der Waals surface area contributed by atoms with Gasteiger partial charge in [-0.15, -0.1) is 10.2 Å². The number of carbonyl (C=O) groups is 1. The van der Waals surface area contributed by atoms with Gasteiger partial charge in [0.15, 0.2) is 11.3 Å². The third kappa shape index (κ3) is 3.16. The second-order valence-electron chi connectivity index (χ2n) is 6.09. The van der Waals surface area contributed by atoms with Gasteiger partial charge in [0.2, 0.25) is 0 Å². The summed E-state index contributed by atoms with van der Waals surface area (Å²) in [7, 11) is 1.62. The summed E-state index contributed by atoms with van der Waals surface area (Å²) in [6, 6.07) is 14.6. The molecule has 2 aromatic carbocycles. The maximum Gasteiger partial charge on any atom is 0.278 e. The minimum atomic E-state index is -0.401. The van der Waals surface area contributed by atoms with E-state index in [1.165, 1.54) is 0 Å². The molecule has 8 heteroatoms. The maximum atomic E-state index is 12.7. The maximum absolute atomic E-state index is 12.7. The van der Waals surface area contributed by atoms with Gasteiger partial charge in [-0.1, -0.05) is 35.9 Å². The number of hydrogen-bond donors (Lipinski definition) is 1. The zero-order chi connectivity index (χ0) is 19.7. The van der Waals surface area contributed by atoms with Crippen LogP contribution in [0.1, 0.15) is 16.2 Å². The highest BCUT2D eigenvalue weighted by molar-refractivity contribution is 6.33. The zero-order valence-corrected chi connectivity index (χ0v) is 15.9. The smallest absolute Gasteiger partial charge is 0.278 e. The number of anilines is 1. The SMILES string of the molecule is COc1ccc(-c2cnn3c(C)c(C(=O)Nc4ccccc4Cl)nnc23)cc1. The molecule has 0 bridgehead atoms. The molecule has 0 aliphatic carbocycles. The van der Waals surface area contributed by atoms with Crippen molar-refractivity contribution in [3.63, 3.8) is 0 Å². The van der Waals surface area contributed by atoms with Gasteiger partial charge in [-0.05, 0) is 36.8 Å². The van der Waals surface area contributed by atoms with Crippen molar-refractivity contribution in [1.82, 2.24) is 19.8 Å². The van der Waals surface area contributed by atoms with Gasteiger partial charge in [0, 0.05) is 5.56 Å². The average molecular weight is 394 g/mol. The number of nitrogens with one attached hydrogen (secondary N) is 1. The lowest BCUT2D eigenvalue weighted by Gasteiger charge is -2.09. The topological polar surface area (TPSA) is 81.4 Å². The van der Waals surface area contributed by atoms with Crippen LogP contribution in [0.4, 0.5) is 5.69 Å². The van der Waals surface area contributed by atoms with E-state index >= 15 is 0 Å². The van der Waals surface area contributed by atoms with Crippen LogP contribution < -0.4 is 10.1 Å². The van der Waals surface area contributed by atoms with Gasteiger partial charge >= 0.3 is 0 Å². The standard InChI is InChI=1S/C20H16ClN5O2/c1-12-18(20(27)23-17-6-4-3-5-16(17)21)24-25-19-15(11-22-26(12)19)13-7-9-14(28-2)10-8-13/h3-11H,1-2H3,(H,23,27). The lowest BCUT2D eigenvalue weighted by molar-refractivity contribution is 0.102. The molecule has 0 aliphatic heterocycles. The van der Waals surface area contributed by atoms with Crippen molar-refractivity contribution in [2.45, 2.75) is 6.92 Å². The number of ether oxygens (including phenoxy) is 1. The fourth-order valence-corrected chi connectivity index (χ4v) is 3.06. The van der Waals surface area contributed by atoms with Crippen LogP contribution in [0.15, 0.2) is 54.7 Å². The van der Waals surface area contributed by atoms with Crippen molar-refractivity contribution in [2.75, 3.05) is 12.4 Å². The normalized spacial score (nSPS) is 10.8. The fourth-order valence-electron chi connectivity index (χ4n) is 2.88. The summed E-state index contributed by atoms with van der Waals surface area (Å²) in [5.74, 6) is 0.363. The number of para-hydroxylation sites is 1. The van der Waals surface area contributed by atoms with E-state index in [1.807, 2.05) is 24.3 Å². The third-order valence-corrected chi connectivity index (χ3v) is 4.72. The Kier molecular flexibility index (Phi) is 4.67. The zero-order valence-electron chi connectivity index (χ0n) is 15.2. The molecule has 0 radical (unpaired) electrons. The molecule has 1 amide bonds. The van der Waals surface area contributed by atoms with Gasteiger partial charge in [0.05, 0.1) is 29.7 Å².